The number of benzene rings is 2. The van der Waals surface area contributed by atoms with Gasteiger partial charge in [0, 0.05) is 54.6 Å². The first-order valence-corrected chi connectivity index (χ1v) is 13.3. The number of rotatable bonds is 10. The molecule has 1 aliphatic rings. The van der Waals surface area contributed by atoms with E-state index in [-0.39, 0.29) is 5.91 Å². The highest BCUT2D eigenvalue weighted by Gasteiger charge is 2.19. The highest BCUT2D eigenvalue weighted by Crippen LogP contribution is 2.29. The SMILES string of the molecule is O=C(CCN(Cc1ccco1)c1nc(-c2cccc(Br)c2)nc2ccccc12)NCCN1CCOCC1. The number of amides is 1. The molecule has 1 amide bonds. The second-order valence-corrected chi connectivity index (χ2v) is 9.87. The lowest BCUT2D eigenvalue weighted by Crippen LogP contribution is -2.41. The van der Waals surface area contributed by atoms with E-state index < -0.39 is 0 Å². The van der Waals surface area contributed by atoms with E-state index in [1.165, 1.54) is 0 Å². The van der Waals surface area contributed by atoms with Gasteiger partial charge in [0.05, 0.1) is 31.5 Å². The number of para-hydroxylation sites is 1. The number of nitrogens with zero attached hydrogens (tertiary/aromatic N) is 4. The van der Waals surface area contributed by atoms with Crippen LogP contribution in [0.25, 0.3) is 22.3 Å². The van der Waals surface area contributed by atoms with Crippen LogP contribution in [0, 0.1) is 0 Å². The molecule has 9 heteroatoms. The fourth-order valence-electron chi connectivity index (χ4n) is 4.41. The van der Waals surface area contributed by atoms with Gasteiger partial charge in [-0.2, -0.15) is 0 Å². The van der Waals surface area contributed by atoms with E-state index >= 15 is 0 Å². The summed E-state index contributed by atoms with van der Waals surface area (Å²) in [5.74, 6) is 2.23. The Bertz CT molecular complexity index is 1320. The highest BCUT2D eigenvalue weighted by molar-refractivity contribution is 9.10. The zero-order chi connectivity index (χ0) is 25.5. The van der Waals surface area contributed by atoms with Crippen molar-refractivity contribution in [2.45, 2.75) is 13.0 Å². The lowest BCUT2D eigenvalue weighted by Gasteiger charge is -2.27. The number of fused-ring (bicyclic) bond motifs is 1. The molecule has 0 bridgehead atoms. The van der Waals surface area contributed by atoms with E-state index in [1.54, 1.807) is 6.26 Å². The van der Waals surface area contributed by atoms with Crippen LogP contribution in [0.15, 0.2) is 75.8 Å². The summed E-state index contributed by atoms with van der Waals surface area (Å²) in [7, 11) is 0. The molecule has 2 aromatic carbocycles. The summed E-state index contributed by atoms with van der Waals surface area (Å²) >= 11 is 3.55. The molecular weight excluding hydrogens is 534 g/mol. The van der Waals surface area contributed by atoms with Crippen molar-refractivity contribution >= 4 is 38.6 Å². The van der Waals surface area contributed by atoms with Crippen LogP contribution in [0.4, 0.5) is 5.82 Å². The third-order valence-electron chi connectivity index (χ3n) is 6.35. The number of anilines is 1. The summed E-state index contributed by atoms with van der Waals surface area (Å²) in [6, 6.07) is 19.7. The molecule has 1 N–H and O–H groups in total. The maximum atomic E-state index is 12.8. The van der Waals surface area contributed by atoms with Gasteiger partial charge in [-0.3, -0.25) is 9.69 Å². The molecule has 1 fully saturated rings. The predicted octanol–water partition coefficient (Wildman–Crippen LogP) is 4.50. The van der Waals surface area contributed by atoms with Gasteiger partial charge in [-0.1, -0.05) is 40.2 Å². The van der Waals surface area contributed by atoms with E-state index in [0.29, 0.717) is 31.9 Å². The number of hydrogen-bond acceptors (Lipinski definition) is 7. The maximum absolute atomic E-state index is 12.8. The lowest BCUT2D eigenvalue weighted by molar-refractivity contribution is -0.121. The van der Waals surface area contributed by atoms with Gasteiger partial charge in [-0.25, -0.2) is 9.97 Å². The van der Waals surface area contributed by atoms with Crippen LogP contribution in [0.1, 0.15) is 12.2 Å². The largest absolute Gasteiger partial charge is 0.467 e. The van der Waals surface area contributed by atoms with Gasteiger partial charge in [-0.15, -0.1) is 0 Å². The summed E-state index contributed by atoms with van der Waals surface area (Å²) in [6.07, 6.45) is 2.01. The number of furan rings is 1. The summed E-state index contributed by atoms with van der Waals surface area (Å²) in [5.41, 5.74) is 1.77. The van der Waals surface area contributed by atoms with Crippen LogP contribution < -0.4 is 10.2 Å². The zero-order valence-electron chi connectivity index (χ0n) is 20.6. The van der Waals surface area contributed by atoms with Crippen molar-refractivity contribution in [1.82, 2.24) is 20.2 Å². The quantitative estimate of drug-likeness (QED) is 0.304. The van der Waals surface area contributed by atoms with Gasteiger partial charge in [-0.05, 0) is 36.4 Å². The molecule has 1 aliphatic heterocycles. The highest BCUT2D eigenvalue weighted by atomic mass is 79.9. The van der Waals surface area contributed by atoms with Crippen molar-refractivity contribution in [2.24, 2.45) is 0 Å². The molecule has 8 nitrogen and oxygen atoms in total. The van der Waals surface area contributed by atoms with E-state index in [0.717, 1.165) is 65.4 Å². The molecule has 1 saturated heterocycles. The molecule has 3 heterocycles. The summed E-state index contributed by atoms with van der Waals surface area (Å²) in [4.78, 5) is 27.0. The Labute approximate surface area is 224 Å². The minimum Gasteiger partial charge on any atom is -0.467 e. The number of morpholine rings is 1. The second kappa shape index (κ2) is 12.3. The first kappa shape index (κ1) is 25.4. The Morgan fingerprint density at radius 3 is 2.73 bits per heavy atom. The van der Waals surface area contributed by atoms with Gasteiger partial charge in [0.2, 0.25) is 5.91 Å². The molecule has 0 unspecified atom stereocenters. The normalized spacial score (nSPS) is 14.1. The van der Waals surface area contributed by atoms with Crippen molar-refractivity contribution in [3.8, 4) is 11.4 Å². The van der Waals surface area contributed by atoms with E-state index in [4.69, 9.17) is 19.1 Å². The molecule has 0 saturated carbocycles. The fraction of sp³-hybridized carbons (Fsp3) is 0.321. The number of ether oxygens (including phenoxy) is 1. The molecule has 0 atom stereocenters. The number of aromatic nitrogens is 2. The molecule has 192 valence electrons. The van der Waals surface area contributed by atoms with Gasteiger partial charge in [0.15, 0.2) is 5.82 Å². The van der Waals surface area contributed by atoms with E-state index in [1.807, 2.05) is 60.7 Å². The minimum absolute atomic E-state index is 0.0169. The van der Waals surface area contributed by atoms with Crippen LogP contribution in [0.3, 0.4) is 0 Å². The molecule has 4 aromatic rings. The smallest absolute Gasteiger partial charge is 0.221 e. The average Bonchev–Trinajstić information content (AvgIpc) is 3.44. The number of halogens is 1. The molecule has 37 heavy (non-hydrogen) atoms. The molecule has 0 aliphatic carbocycles. The summed E-state index contributed by atoms with van der Waals surface area (Å²) < 4.78 is 12.0. The van der Waals surface area contributed by atoms with Gasteiger partial charge in [0.1, 0.15) is 11.6 Å². The second-order valence-electron chi connectivity index (χ2n) is 8.95. The van der Waals surface area contributed by atoms with Gasteiger partial charge >= 0.3 is 0 Å². The van der Waals surface area contributed by atoms with Crippen molar-refractivity contribution in [3.05, 3.63) is 77.2 Å². The number of hydrogen-bond donors (Lipinski definition) is 1. The summed E-state index contributed by atoms with van der Waals surface area (Å²) in [6.45, 7) is 5.77. The Morgan fingerprint density at radius 1 is 1.05 bits per heavy atom. The van der Waals surface area contributed by atoms with Gasteiger partial charge < -0.3 is 19.4 Å². The molecular formula is C28H30BrN5O3. The van der Waals surface area contributed by atoms with Crippen LogP contribution in [-0.2, 0) is 16.1 Å². The van der Waals surface area contributed by atoms with Gasteiger partial charge in [0.25, 0.3) is 0 Å². The number of carbonyl (C=O) groups is 1. The van der Waals surface area contributed by atoms with Crippen LogP contribution in [0.5, 0.6) is 0 Å². The van der Waals surface area contributed by atoms with Crippen LogP contribution in [-0.4, -0.2) is 66.7 Å². The van der Waals surface area contributed by atoms with Crippen LogP contribution >= 0.6 is 15.9 Å². The summed E-state index contributed by atoms with van der Waals surface area (Å²) in [5, 5.41) is 4.00. The Hall–Kier alpha value is -3.27. The minimum atomic E-state index is 0.0169. The molecule has 0 spiro atoms. The number of nitrogens with one attached hydrogen (secondary N) is 1. The lowest BCUT2D eigenvalue weighted by atomic mass is 10.1. The maximum Gasteiger partial charge on any atom is 0.221 e. The standard InChI is InChI=1S/C28H30BrN5O3/c29-22-6-3-5-21(19-22)27-31-25-9-2-1-8-24(25)28(32-27)34(20-23-7-4-16-37-23)12-10-26(35)30-11-13-33-14-17-36-18-15-33/h1-9,16,19H,10-15,17-18,20H2,(H,30,35). The van der Waals surface area contributed by atoms with Crippen molar-refractivity contribution in [2.75, 3.05) is 50.8 Å². The first-order chi connectivity index (χ1) is 18.2. The monoisotopic (exact) mass is 563 g/mol. The topological polar surface area (TPSA) is 83.7 Å². The Morgan fingerprint density at radius 2 is 1.92 bits per heavy atom. The molecule has 5 rings (SSSR count). The van der Waals surface area contributed by atoms with Crippen molar-refractivity contribution in [3.63, 3.8) is 0 Å². The van der Waals surface area contributed by atoms with E-state index in [9.17, 15) is 4.79 Å². The fourth-order valence-corrected chi connectivity index (χ4v) is 4.81. The average molecular weight is 564 g/mol. The third-order valence-corrected chi connectivity index (χ3v) is 6.85. The number of carbonyl (C=O) groups excluding carboxylic acids is 1. The Balaban J connectivity index is 1.37. The van der Waals surface area contributed by atoms with E-state index in [2.05, 4.69) is 31.0 Å². The van der Waals surface area contributed by atoms with Crippen molar-refractivity contribution < 1.29 is 13.9 Å². The zero-order valence-corrected chi connectivity index (χ0v) is 22.2. The van der Waals surface area contributed by atoms with Crippen LogP contribution in [0.2, 0.25) is 0 Å². The Kier molecular flexibility index (Phi) is 8.45. The molecule has 0 radical (unpaired) electrons. The van der Waals surface area contributed by atoms with Crippen molar-refractivity contribution in [1.29, 1.82) is 0 Å². The molecule has 2 aromatic heterocycles. The predicted molar refractivity (Wildman–Crippen MR) is 147 cm³/mol. The third kappa shape index (κ3) is 6.74. The first-order valence-electron chi connectivity index (χ1n) is 12.5.